The van der Waals surface area contributed by atoms with Gasteiger partial charge in [-0.05, 0) is 23.3 Å². The number of hydrogen-bond acceptors (Lipinski definition) is 3. The van der Waals surface area contributed by atoms with E-state index in [1.54, 1.807) is 18.2 Å². The molecule has 0 spiro atoms. The van der Waals surface area contributed by atoms with Gasteiger partial charge in [-0.15, -0.1) is 0 Å². The molecular formula is C21H18O4. The number of rotatable bonds is 7. The average molecular weight is 334 g/mol. The van der Waals surface area contributed by atoms with Crippen LogP contribution in [0.3, 0.4) is 0 Å². The quantitative estimate of drug-likeness (QED) is 0.689. The van der Waals surface area contributed by atoms with Crippen LogP contribution in [0, 0.1) is 0 Å². The van der Waals surface area contributed by atoms with Gasteiger partial charge in [0.15, 0.2) is 0 Å². The number of aromatic carboxylic acids is 1. The Balaban J connectivity index is 1.78. The minimum absolute atomic E-state index is 0.0364. The molecule has 0 atom stereocenters. The molecule has 3 aromatic carbocycles. The number of ether oxygens (including phenoxy) is 2. The van der Waals surface area contributed by atoms with Crippen LogP contribution in [0.15, 0.2) is 78.9 Å². The maximum absolute atomic E-state index is 11.7. The molecule has 3 aromatic rings. The molecule has 126 valence electrons. The maximum Gasteiger partial charge on any atom is 0.343 e. The van der Waals surface area contributed by atoms with Crippen LogP contribution in [0.25, 0.3) is 0 Å². The molecule has 0 amide bonds. The summed E-state index contributed by atoms with van der Waals surface area (Å²) in [7, 11) is 0. The minimum atomic E-state index is -1.08. The largest absolute Gasteiger partial charge is 0.488 e. The second kappa shape index (κ2) is 8.02. The van der Waals surface area contributed by atoms with E-state index >= 15 is 0 Å². The van der Waals surface area contributed by atoms with Gasteiger partial charge in [0.1, 0.15) is 30.3 Å². The fraction of sp³-hybridized carbons (Fsp3) is 0.0952. The van der Waals surface area contributed by atoms with Crippen LogP contribution in [0.2, 0.25) is 0 Å². The fourth-order valence-electron chi connectivity index (χ4n) is 2.43. The monoisotopic (exact) mass is 334 g/mol. The van der Waals surface area contributed by atoms with Gasteiger partial charge in [-0.3, -0.25) is 0 Å². The first-order valence-corrected chi connectivity index (χ1v) is 7.94. The zero-order valence-corrected chi connectivity index (χ0v) is 13.6. The van der Waals surface area contributed by atoms with Gasteiger partial charge in [0, 0.05) is 0 Å². The van der Waals surface area contributed by atoms with E-state index in [1.807, 2.05) is 60.7 Å². The van der Waals surface area contributed by atoms with Gasteiger partial charge in [0.2, 0.25) is 0 Å². The molecule has 3 rings (SSSR count). The lowest BCUT2D eigenvalue weighted by Crippen LogP contribution is -2.07. The van der Waals surface area contributed by atoms with Gasteiger partial charge >= 0.3 is 5.97 Å². The molecule has 0 heterocycles. The second-order valence-electron chi connectivity index (χ2n) is 5.48. The van der Waals surface area contributed by atoms with Crippen molar-refractivity contribution in [2.45, 2.75) is 13.2 Å². The van der Waals surface area contributed by atoms with Crippen molar-refractivity contribution in [2.75, 3.05) is 0 Å². The summed E-state index contributed by atoms with van der Waals surface area (Å²) >= 11 is 0. The SMILES string of the molecule is O=C(O)c1c(OCc2ccccc2)cccc1OCc1ccccc1. The Labute approximate surface area is 146 Å². The Morgan fingerprint density at radius 3 is 1.52 bits per heavy atom. The Kier molecular flexibility index (Phi) is 5.32. The normalized spacial score (nSPS) is 10.2. The van der Waals surface area contributed by atoms with E-state index in [2.05, 4.69) is 0 Å². The Bertz CT molecular complexity index is 767. The summed E-state index contributed by atoms with van der Waals surface area (Å²) in [5.41, 5.74) is 1.97. The summed E-state index contributed by atoms with van der Waals surface area (Å²) in [4.78, 5) is 11.7. The molecule has 0 bridgehead atoms. The average Bonchev–Trinajstić information content (AvgIpc) is 2.66. The lowest BCUT2D eigenvalue weighted by atomic mass is 10.1. The molecule has 0 aromatic heterocycles. The van der Waals surface area contributed by atoms with E-state index < -0.39 is 5.97 Å². The second-order valence-corrected chi connectivity index (χ2v) is 5.48. The fourth-order valence-corrected chi connectivity index (χ4v) is 2.43. The molecule has 0 saturated carbocycles. The molecule has 0 unspecified atom stereocenters. The van der Waals surface area contributed by atoms with Crippen LogP contribution in [-0.2, 0) is 13.2 Å². The topological polar surface area (TPSA) is 55.8 Å². The van der Waals surface area contributed by atoms with Gasteiger partial charge in [0.25, 0.3) is 0 Å². The number of carboxylic acids is 1. The summed E-state index contributed by atoms with van der Waals surface area (Å²) in [5, 5.41) is 9.58. The summed E-state index contributed by atoms with van der Waals surface area (Å²) in [6.07, 6.45) is 0. The smallest absolute Gasteiger partial charge is 0.343 e. The summed E-state index contributed by atoms with van der Waals surface area (Å²) in [6, 6.07) is 24.2. The lowest BCUT2D eigenvalue weighted by molar-refractivity contribution is 0.0686. The molecule has 4 nitrogen and oxygen atoms in total. The van der Waals surface area contributed by atoms with Crippen molar-refractivity contribution in [1.29, 1.82) is 0 Å². The number of benzene rings is 3. The first kappa shape index (κ1) is 16.6. The minimum Gasteiger partial charge on any atom is -0.488 e. The van der Waals surface area contributed by atoms with Crippen molar-refractivity contribution in [2.24, 2.45) is 0 Å². The van der Waals surface area contributed by atoms with E-state index in [9.17, 15) is 9.90 Å². The summed E-state index contributed by atoms with van der Waals surface area (Å²) in [6.45, 7) is 0.590. The molecule has 0 radical (unpaired) electrons. The van der Waals surface area contributed by atoms with Gasteiger partial charge in [-0.1, -0.05) is 66.7 Å². The van der Waals surface area contributed by atoms with E-state index in [-0.39, 0.29) is 5.56 Å². The first-order chi connectivity index (χ1) is 12.2. The lowest BCUT2D eigenvalue weighted by Gasteiger charge is -2.14. The van der Waals surface area contributed by atoms with E-state index in [1.165, 1.54) is 0 Å². The number of carbonyl (C=O) groups is 1. The maximum atomic E-state index is 11.7. The Morgan fingerprint density at radius 1 is 0.680 bits per heavy atom. The van der Waals surface area contributed by atoms with Crippen LogP contribution in [0.5, 0.6) is 11.5 Å². The van der Waals surface area contributed by atoms with E-state index in [4.69, 9.17) is 9.47 Å². The summed E-state index contributed by atoms with van der Waals surface area (Å²) in [5.74, 6) is -0.490. The van der Waals surface area contributed by atoms with Crippen LogP contribution in [0.1, 0.15) is 21.5 Å². The molecule has 0 saturated heterocycles. The van der Waals surface area contributed by atoms with Gasteiger partial charge in [-0.2, -0.15) is 0 Å². The molecule has 0 aliphatic heterocycles. The molecule has 0 aliphatic rings. The third-order valence-electron chi connectivity index (χ3n) is 3.68. The molecular weight excluding hydrogens is 316 g/mol. The van der Waals surface area contributed by atoms with Crippen LogP contribution in [-0.4, -0.2) is 11.1 Å². The molecule has 0 fully saturated rings. The molecule has 4 heteroatoms. The predicted molar refractivity (Wildman–Crippen MR) is 94.9 cm³/mol. The van der Waals surface area contributed by atoms with E-state index in [0.29, 0.717) is 24.7 Å². The third kappa shape index (κ3) is 4.38. The molecule has 0 aliphatic carbocycles. The van der Waals surface area contributed by atoms with Gasteiger partial charge < -0.3 is 14.6 Å². The Hall–Kier alpha value is -3.27. The van der Waals surface area contributed by atoms with E-state index in [0.717, 1.165) is 11.1 Å². The van der Waals surface area contributed by atoms with Crippen molar-refractivity contribution >= 4 is 5.97 Å². The molecule has 25 heavy (non-hydrogen) atoms. The highest BCUT2D eigenvalue weighted by Gasteiger charge is 2.18. The highest BCUT2D eigenvalue weighted by atomic mass is 16.5. The van der Waals surface area contributed by atoms with Crippen molar-refractivity contribution in [3.05, 3.63) is 95.6 Å². The van der Waals surface area contributed by atoms with Crippen molar-refractivity contribution in [1.82, 2.24) is 0 Å². The zero-order valence-electron chi connectivity index (χ0n) is 13.6. The number of carboxylic acid groups (broad SMARTS) is 1. The van der Waals surface area contributed by atoms with Crippen molar-refractivity contribution in [3.8, 4) is 11.5 Å². The van der Waals surface area contributed by atoms with Crippen LogP contribution >= 0.6 is 0 Å². The van der Waals surface area contributed by atoms with Crippen molar-refractivity contribution < 1.29 is 19.4 Å². The molecule has 1 N–H and O–H groups in total. The van der Waals surface area contributed by atoms with Gasteiger partial charge in [-0.25, -0.2) is 4.79 Å². The summed E-state index contributed by atoms with van der Waals surface area (Å²) < 4.78 is 11.4. The standard InChI is InChI=1S/C21H18O4/c22-21(23)20-18(24-14-16-8-3-1-4-9-16)12-7-13-19(20)25-15-17-10-5-2-6-11-17/h1-13H,14-15H2,(H,22,23). The predicted octanol–water partition coefficient (Wildman–Crippen LogP) is 4.54. The third-order valence-corrected chi connectivity index (χ3v) is 3.68. The highest BCUT2D eigenvalue weighted by Crippen LogP contribution is 2.30. The van der Waals surface area contributed by atoms with Crippen LogP contribution < -0.4 is 9.47 Å². The first-order valence-electron chi connectivity index (χ1n) is 7.94. The highest BCUT2D eigenvalue weighted by molar-refractivity contribution is 5.94. The zero-order chi connectivity index (χ0) is 17.5. The van der Waals surface area contributed by atoms with Gasteiger partial charge in [0.05, 0.1) is 0 Å². The van der Waals surface area contributed by atoms with Crippen molar-refractivity contribution in [3.63, 3.8) is 0 Å². The Morgan fingerprint density at radius 2 is 1.12 bits per heavy atom. The number of hydrogen-bond donors (Lipinski definition) is 1. The van der Waals surface area contributed by atoms with Crippen LogP contribution in [0.4, 0.5) is 0 Å².